The summed E-state index contributed by atoms with van der Waals surface area (Å²) in [5.41, 5.74) is -0.140. The number of benzene rings is 2. The third-order valence-corrected chi connectivity index (χ3v) is 7.68. The Morgan fingerprint density at radius 3 is 2.52 bits per heavy atom. The summed E-state index contributed by atoms with van der Waals surface area (Å²) < 4.78 is 43.4. The van der Waals surface area contributed by atoms with E-state index < -0.39 is 69.6 Å². The predicted octanol–water partition coefficient (Wildman–Crippen LogP) is -1.25. The van der Waals surface area contributed by atoms with E-state index in [1.165, 1.54) is 23.1 Å². The van der Waals surface area contributed by atoms with Crippen molar-refractivity contribution < 1.29 is 51.6 Å². The fourth-order valence-electron chi connectivity index (χ4n) is 4.58. The fourth-order valence-corrected chi connectivity index (χ4v) is 5.17. The molecule has 2 heterocycles. The summed E-state index contributed by atoms with van der Waals surface area (Å²) in [6, 6.07) is 3.73. The molecule has 2 aromatic carbocycles. The number of carbonyl (C=O) groups excluding carboxylic acids is 4. The number of piperazine rings is 1. The Kier molecular flexibility index (Phi) is 8.51. The molecule has 15 nitrogen and oxygen atoms in total. The van der Waals surface area contributed by atoms with Gasteiger partial charge in [-0.25, -0.2) is 27.5 Å². The van der Waals surface area contributed by atoms with Gasteiger partial charge in [-0.3, -0.25) is 19.3 Å². The average Bonchev–Trinajstić information content (AvgIpc) is 2.92. The molecule has 4 rings (SSSR count). The first kappa shape index (κ1) is 30.4. The van der Waals surface area contributed by atoms with Gasteiger partial charge >= 0.3 is 30.9 Å². The molecule has 6 N–H and O–H groups in total. The van der Waals surface area contributed by atoms with Gasteiger partial charge in [0, 0.05) is 19.6 Å². The lowest BCUT2D eigenvalue weighted by molar-refractivity contribution is -0.153. The number of hydrogen-bond acceptors (Lipinski definition) is 9. The number of aromatic carboxylic acids is 1. The van der Waals surface area contributed by atoms with Crippen LogP contribution in [0.3, 0.4) is 0 Å². The molecule has 1 saturated heterocycles. The van der Waals surface area contributed by atoms with Crippen molar-refractivity contribution in [1.82, 2.24) is 20.4 Å². The molecular formula is C24H25BFN5O10S. The molecule has 42 heavy (non-hydrogen) atoms. The first-order chi connectivity index (χ1) is 19.7. The molecule has 2 atom stereocenters. The second kappa shape index (κ2) is 11.7. The molecule has 1 fully saturated rings. The first-order valence-corrected chi connectivity index (χ1v) is 14.0. The van der Waals surface area contributed by atoms with Gasteiger partial charge in [-0.1, -0.05) is 18.2 Å². The van der Waals surface area contributed by atoms with Crippen molar-refractivity contribution in [2.75, 3.05) is 19.6 Å². The van der Waals surface area contributed by atoms with Crippen molar-refractivity contribution in [2.24, 2.45) is 5.14 Å². The first-order valence-electron chi connectivity index (χ1n) is 12.5. The number of nitrogens with zero attached hydrogens (tertiary/aromatic N) is 2. The Balaban J connectivity index is 1.63. The number of nitrogens with two attached hydrogens (primary N) is 1. The zero-order valence-electron chi connectivity index (χ0n) is 21.9. The van der Waals surface area contributed by atoms with Gasteiger partial charge in [0.25, 0.3) is 0 Å². The molecule has 222 valence electrons. The molecule has 5 amide bonds. The van der Waals surface area contributed by atoms with E-state index in [1.54, 1.807) is 6.92 Å². The lowest BCUT2D eigenvalue weighted by Crippen LogP contribution is -2.60. The molecule has 0 saturated carbocycles. The monoisotopic (exact) mass is 605 g/mol. The van der Waals surface area contributed by atoms with Crippen molar-refractivity contribution in [3.63, 3.8) is 0 Å². The molecule has 2 aliphatic heterocycles. The van der Waals surface area contributed by atoms with Crippen LogP contribution in [0.25, 0.3) is 0 Å². The van der Waals surface area contributed by atoms with Gasteiger partial charge < -0.3 is 30.3 Å². The summed E-state index contributed by atoms with van der Waals surface area (Å²) in [7, 11) is -6.21. The topological polar surface area (TPSA) is 226 Å². The van der Waals surface area contributed by atoms with Crippen LogP contribution in [0.1, 0.15) is 34.5 Å². The highest BCUT2D eigenvalue weighted by Crippen LogP contribution is 2.30. The number of rotatable bonds is 7. The van der Waals surface area contributed by atoms with Crippen LogP contribution in [-0.4, -0.2) is 90.8 Å². The molecule has 2 aromatic rings. The SMILES string of the molecule is CCN1CCN(C(=O)NC(C(=O)N[C@H]2Cc3cccc(C(=O)O)c3OB2O)c2ccc(S(N)(=O)=O)c(F)c2)C(=O)C1=O. The van der Waals surface area contributed by atoms with E-state index in [1.807, 2.05) is 0 Å². The molecule has 2 aliphatic rings. The quantitative estimate of drug-likeness (QED) is 0.186. The zero-order valence-corrected chi connectivity index (χ0v) is 22.8. The molecule has 0 radical (unpaired) electrons. The Hall–Kier alpha value is -4.55. The van der Waals surface area contributed by atoms with Crippen molar-refractivity contribution in [2.45, 2.75) is 30.2 Å². The number of halogens is 1. The van der Waals surface area contributed by atoms with Gasteiger partial charge in [-0.2, -0.15) is 0 Å². The van der Waals surface area contributed by atoms with E-state index in [0.717, 1.165) is 12.1 Å². The molecule has 0 aliphatic carbocycles. The average molecular weight is 605 g/mol. The van der Waals surface area contributed by atoms with Gasteiger partial charge in [-0.15, -0.1) is 0 Å². The Morgan fingerprint density at radius 1 is 1.19 bits per heavy atom. The van der Waals surface area contributed by atoms with E-state index >= 15 is 0 Å². The number of carboxylic acid groups (broad SMARTS) is 1. The number of amides is 5. The molecule has 0 aromatic heterocycles. The molecular weight excluding hydrogens is 580 g/mol. The van der Waals surface area contributed by atoms with Crippen molar-refractivity contribution in [3.05, 3.63) is 58.9 Å². The number of hydrogen-bond donors (Lipinski definition) is 5. The highest BCUT2D eigenvalue weighted by atomic mass is 32.2. The van der Waals surface area contributed by atoms with Gasteiger partial charge in [0.1, 0.15) is 22.5 Å². The smallest absolute Gasteiger partial charge is 0.534 e. The second-order valence-corrected chi connectivity index (χ2v) is 10.9. The van der Waals surface area contributed by atoms with Gasteiger partial charge in [0.2, 0.25) is 15.9 Å². The van der Waals surface area contributed by atoms with Gasteiger partial charge in [0.15, 0.2) is 0 Å². The number of carboxylic acids is 1. The Labute approximate surface area is 238 Å². The summed E-state index contributed by atoms with van der Waals surface area (Å²) in [6.07, 6.45) is -0.102. The van der Waals surface area contributed by atoms with E-state index in [0.29, 0.717) is 16.5 Å². The van der Waals surface area contributed by atoms with E-state index in [2.05, 4.69) is 10.6 Å². The largest absolute Gasteiger partial charge is 0.547 e. The minimum Gasteiger partial charge on any atom is -0.534 e. The Bertz CT molecular complexity index is 1590. The van der Waals surface area contributed by atoms with Crippen LogP contribution < -0.4 is 20.4 Å². The lowest BCUT2D eigenvalue weighted by atomic mass is 9.72. The van der Waals surface area contributed by atoms with E-state index in [9.17, 15) is 46.9 Å². The number of urea groups is 1. The maximum Gasteiger partial charge on any atom is 0.547 e. The van der Waals surface area contributed by atoms with Crippen LogP contribution >= 0.6 is 0 Å². The number of para-hydroxylation sites is 1. The fraction of sp³-hybridized carbons (Fsp3) is 0.292. The maximum atomic E-state index is 14.7. The van der Waals surface area contributed by atoms with Crippen LogP contribution in [0.2, 0.25) is 0 Å². The third kappa shape index (κ3) is 6.04. The highest BCUT2D eigenvalue weighted by molar-refractivity contribution is 7.89. The number of sulfonamides is 1. The number of likely N-dealkylation sites (N-methyl/N-ethyl adjacent to an activating group) is 1. The zero-order chi connectivity index (χ0) is 30.9. The van der Waals surface area contributed by atoms with Crippen LogP contribution in [-0.2, 0) is 30.8 Å². The maximum absolute atomic E-state index is 14.7. The minimum atomic E-state index is -4.47. The van der Waals surface area contributed by atoms with Crippen LogP contribution in [0, 0.1) is 5.82 Å². The second-order valence-electron chi connectivity index (χ2n) is 9.39. The van der Waals surface area contributed by atoms with Crippen molar-refractivity contribution in [3.8, 4) is 5.75 Å². The minimum absolute atomic E-state index is 0.0341. The van der Waals surface area contributed by atoms with Crippen LogP contribution in [0.5, 0.6) is 5.75 Å². The lowest BCUT2D eigenvalue weighted by Gasteiger charge is -2.33. The van der Waals surface area contributed by atoms with Crippen molar-refractivity contribution >= 4 is 46.9 Å². The highest BCUT2D eigenvalue weighted by Gasteiger charge is 2.41. The summed E-state index contributed by atoms with van der Waals surface area (Å²) in [5, 5.41) is 29.6. The normalized spacial score (nSPS) is 17.7. The summed E-state index contributed by atoms with van der Waals surface area (Å²) in [4.78, 5) is 63.8. The van der Waals surface area contributed by atoms with Crippen LogP contribution in [0.4, 0.5) is 9.18 Å². The number of nitrogens with one attached hydrogen (secondary N) is 2. The van der Waals surface area contributed by atoms with Gasteiger partial charge in [-0.05, 0) is 42.7 Å². The summed E-state index contributed by atoms with van der Waals surface area (Å²) in [5.74, 6) is -7.05. The number of imide groups is 1. The predicted molar refractivity (Wildman–Crippen MR) is 141 cm³/mol. The molecule has 0 bridgehead atoms. The van der Waals surface area contributed by atoms with Crippen LogP contribution in [0.15, 0.2) is 41.3 Å². The van der Waals surface area contributed by atoms with Crippen molar-refractivity contribution in [1.29, 1.82) is 0 Å². The summed E-state index contributed by atoms with van der Waals surface area (Å²) in [6.45, 7) is 1.70. The van der Waals surface area contributed by atoms with Gasteiger partial charge in [0.05, 0.1) is 11.5 Å². The standard InChI is InChI=1S/C24H25BFN5O10S/c1-2-30-8-9-31(22(34)21(30)33)24(37)29-18(12-6-7-16(15(26)10-12)42(27,39)40)20(32)28-17-11-13-4-3-5-14(23(35)36)19(13)41-25(17)38/h3-7,10,17-18,38H,2,8-9,11H2,1H3,(H,28,32)(H,29,37)(H,35,36)(H2,27,39,40)/t17-,18?/m0/s1. The third-order valence-electron chi connectivity index (χ3n) is 6.74. The number of primary sulfonamides is 1. The van der Waals surface area contributed by atoms with E-state index in [-0.39, 0.29) is 42.9 Å². The Morgan fingerprint density at radius 2 is 1.90 bits per heavy atom. The number of carbonyl (C=O) groups is 5. The molecule has 1 unspecified atom stereocenters. The summed E-state index contributed by atoms with van der Waals surface area (Å²) >= 11 is 0. The number of fused-ring (bicyclic) bond motifs is 1. The van der Waals surface area contributed by atoms with E-state index in [4.69, 9.17) is 9.79 Å². The molecule has 0 spiro atoms. The molecule has 18 heteroatoms.